The lowest BCUT2D eigenvalue weighted by Crippen LogP contribution is -2.34. The Labute approximate surface area is 82.3 Å². The highest BCUT2D eigenvalue weighted by atomic mass is 16.5. The van der Waals surface area contributed by atoms with E-state index in [2.05, 4.69) is 18.9 Å². The number of hydrogen-bond donors (Lipinski definition) is 0. The summed E-state index contributed by atoms with van der Waals surface area (Å²) in [6, 6.07) is 0. The van der Waals surface area contributed by atoms with Crippen LogP contribution in [0.4, 0.5) is 0 Å². The molecule has 0 amide bonds. The van der Waals surface area contributed by atoms with Gasteiger partial charge >= 0.3 is 0 Å². The first-order chi connectivity index (χ1) is 6.26. The van der Waals surface area contributed by atoms with E-state index in [4.69, 9.17) is 4.74 Å². The fourth-order valence-electron chi connectivity index (χ4n) is 2.27. The van der Waals surface area contributed by atoms with Crippen molar-refractivity contribution < 1.29 is 4.74 Å². The molecule has 0 bridgehead atoms. The van der Waals surface area contributed by atoms with Crippen LogP contribution in [0.15, 0.2) is 0 Å². The van der Waals surface area contributed by atoms with Gasteiger partial charge in [0, 0.05) is 13.7 Å². The highest BCUT2D eigenvalue weighted by Gasteiger charge is 2.20. The number of nitrogens with zero attached hydrogens (tertiary/aromatic N) is 1. The van der Waals surface area contributed by atoms with Crippen molar-refractivity contribution in [2.24, 2.45) is 5.92 Å². The van der Waals surface area contributed by atoms with Crippen molar-refractivity contribution in [3.8, 4) is 0 Å². The maximum atomic E-state index is 5.42. The molecule has 0 aromatic rings. The lowest BCUT2D eigenvalue weighted by molar-refractivity contribution is 0.0620. The molecule has 0 aliphatic carbocycles. The van der Waals surface area contributed by atoms with Gasteiger partial charge in [-0.15, -0.1) is 0 Å². The Kier molecular flexibility index (Phi) is 4.74. The van der Waals surface area contributed by atoms with Crippen LogP contribution < -0.4 is 0 Å². The zero-order valence-corrected chi connectivity index (χ0v) is 9.25. The Morgan fingerprint density at radius 1 is 1.54 bits per heavy atom. The van der Waals surface area contributed by atoms with Gasteiger partial charge < -0.3 is 9.64 Å². The Balaban J connectivity index is 2.26. The van der Waals surface area contributed by atoms with E-state index in [1.54, 1.807) is 0 Å². The van der Waals surface area contributed by atoms with Gasteiger partial charge in [-0.25, -0.2) is 0 Å². The zero-order valence-electron chi connectivity index (χ0n) is 9.25. The van der Waals surface area contributed by atoms with Crippen LogP contribution in [-0.4, -0.2) is 38.3 Å². The normalized spacial score (nSPS) is 27.5. The predicted octanol–water partition coefficient (Wildman–Crippen LogP) is 2.14. The van der Waals surface area contributed by atoms with Crippen molar-refractivity contribution in [2.75, 3.05) is 27.2 Å². The standard InChI is InChI=1S/C11H23NO/c1-4-11(13-3)8-10-6-5-7-12(2)9-10/h10-11H,4-9H2,1-3H3. The van der Waals surface area contributed by atoms with E-state index in [0.717, 1.165) is 12.3 Å². The molecule has 0 saturated carbocycles. The summed E-state index contributed by atoms with van der Waals surface area (Å²) < 4.78 is 5.42. The Morgan fingerprint density at radius 2 is 2.31 bits per heavy atom. The van der Waals surface area contributed by atoms with E-state index in [0.29, 0.717) is 6.10 Å². The van der Waals surface area contributed by atoms with Gasteiger partial charge in [-0.1, -0.05) is 6.92 Å². The van der Waals surface area contributed by atoms with Crippen molar-refractivity contribution >= 4 is 0 Å². The molecule has 1 heterocycles. The molecule has 0 aromatic carbocycles. The Morgan fingerprint density at radius 3 is 2.85 bits per heavy atom. The van der Waals surface area contributed by atoms with Crippen molar-refractivity contribution in [3.63, 3.8) is 0 Å². The molecule has 2 atom stereocenters. The van der Waals surface area contributed by atoms with Gasteiger partial charge in [-0.3, -0.25) is 0 Å². The first-order valence-electron chi connectivity index (χ1n) is 5.47. The van der Waals surface area contributed by atoms with Gasteiger partial charge in [0.2, 0.25) is 0 Å². The monoisotopic (exact) mass is 185 g/mol. The third-order valence-electron chi connectivity index (χ3n) is 3.11. The molecule has 2 nitrogen and oxygen atoms in total. The minimum atomic E-state index is 0.483. The summed E-state index contributed by atoms with van der Waals surface area (Å²) in [5.41, 5.74) is 0. The number of piperidine rings is 1. The molecular weight excluding hydrogens is 162 g/mol. The number of methoxy groups -OCH3 is 1. The average Bonchev–Trinajstić information content (AvgIpc) is 2.14. The second-order valence-electron chi connectivity index (χ2n) is 4.27. The van der Waals surface area contributed by atoms with Gasteiger partial charge in [0.1, 0.15) is 0 Å². The van der Waals surface area contributed by atoms with Crippen LogP contribution in [0, 0.1) is 5.92 Å². The van der Waals surface area contributed by atoms with E-state index in [1.165, 1.54) is 32.4 Å². The first-order valence-corrected chi connectivity index (χ1v) is 5.47. The summed E-state index contributed by atoms with van der Waals surface area (Å²) >= 11 is 0. The van der Waals surface area contributed by atoms with E-state index in [9.17, 15) is 0 Å². The summed E-state index contributed by atoms with van der Waals surface area (Å²) in [6.07, 6.45) is 5.64. The van der Waals surface area contributed by atoms with Crippen LogP contribution >= 0.6 is 0 Å². The predicted molar refractivity (Wildman–Crippen MR) is 55.9 cm³/mol. The molecule has 13 heavy (non-hydrogen) atoms. The SMILES string of the molecule is CCC(CC1CCCN(C)C1)OC. The second kappa shape index (κ2) is 5.61. The molecule has 0 radical (unpaired) electrons. The highest BCUT2D eigenvalue weighted by Crippen LogP contribution is 2.21. The molecular formula is C11H23NO. The van der Waals surface area contributed by atoms with Crippen molar-refractivity contribution in [3.05, 3.63) is 0 Å². The summed E-state index contributed by atoms with van der Waals surface area (Å²) in [7, 11) is 4.06. The third-order valence-corrected chi connectivity index (χ3v) is 3.11. The Hall–Kier alpha value is -0.0800. The van der Waals surface area contributed by atoms with Crippen LogP contribution in [0.2, 0.25) is 0 Å². The van der Waals surface area contributed by atoms with Crippen molar-refractivity contribution in [1.29, 1.82) is 0 Å². The molecule has 2 heteroatoms. The molecule has 1 aliphatic rings. The molecule has 0 spiro atoms. The highest BCUT2D eigenvalue weighted by molar-refractivity contribution is 4.73. The quantitative estimate of drug-likeness (QED) is 0.665. The summed E-state index contributed by atoms with van der Waals surface area (Å²) in [5, 5.41) is 0. The molecule has 1 aliphatic heterocycles. The average molecular weight is 185 g/mol. The smallest absolute Gasteiger partial charge is 0.0571 e. The molecule has 1 fully saturated rings. The van der Waals surface area contributed by atoms with Crippen LogP contribution in [0.5, 0.6) is 0 Å². The molecule has 1 rings (SSSR count). The number of ether oxygens (including phenoxy) is 1. The minimum Gasteiger partial charge on any atom is -0.381 e. The summed E-state index contributed by atoms with van der Waals surface area (Å²) in [4.78, 5) is 2.44. The largest absolute Gasteiger partial charge is 0.381 e. The van der Waals surface area contributed by atoms with Gasteiger partial charge in [0.15, 0.2) is 0 Å². The molecule has 0 N–H and O–H groups in total. The summed E-state index contributed by atoms with van der Waals surface area (Å²) in [6.45, 7) is 4.75. The van der Waals surface area contributed by atoms with E-state index in [1.807, 2.05) is 7.11 Å². The van der Waals surface area contributed by atoms with E-state index < -0.39 is 0 Å². The zero-order chi connectivity index (χ0) is 9.68. The molecule has 0 aromatic heterocycles. The van der Waals surface area contributed by atoms with Crippen LogP contribution in [0.1, 0.15) is 32.6 Å². The minimum absolute atomic E-state index is 0.483. The number of likely N-dealkylation sites (tertiary alicyclic amines) is 1. The fourth-order valence-corrected chi connectivity index (χ4v) is 2.27. The number of rotatable bonds is 4. The van der Waals surface area contributed by atoms with Gasteiger partial charge in [-0.05, 0) is 45.2 Å². The fraction of sp³-hybridized carbons (Fsp3) is 1.00. The van der Waals surface area contributed by atoms with Gasteiger partial charge in [0.05, 0.1) is 6.10 Å². The lowest BCUT2D eigenvalue weighted by Gasteiger charge is -2.31. The third kappa shape index (κ3) is 3.65. The van der Waals surface area contributed by atoms with E-state index in [-0.39, 0.29) is 0 Å². The van der Waals surface area contributed by atoms with Gasteiger partial charge in [0.25, 0.3) is 0 Å². The second-order valence-corrected chi connectivity index (χ2v) is 4.27. The topological polar surface area (TPSA) is 12.5 Å². The van der Waals surface area contributed by atoms with Gasteiger partial charge in [-0.2, -0.15) is 0 Å². The van der Waals surface area contributed by atoms with Crippen LogP contribution in [0.3, 0.4) is 0 Å². The van der Waals surface area contributed by atoms with Crippen LogP contribution in [-0.2, 0) is 4.74 Å². The number of hydrogen-bond acceptors (Lipinski definition) is 2. The maximum absolute atomic E-state index is 5.42. The maximum Gasteiger partial charge on any atom is 0.0571 e. The first kappa shape index (κ1) is 11.0. The molecule has 78 valence electrons. The Bertz CT molecular complexity index is 134. The summed E-state index contributed by atoms with van der Waals surface area (Å²) in [5.74, 6) is 0.864. The lowest BCUT2D eigenvalue weighted by atomic mass is 9.92. The molecule has 2 unspecified atom stereocenters. The molecule has 1 saturated heterocycles. The van der Waals surface area contributed by atoms with Crippen LogP contribution in [0.25, 0.3) is 0 Å². The van der Waals surface area contributed by atoms with Crippen molar-refractivity contribution in [1.82, 2.24) is 4.90 Å². The van der Waals surface area contributed by atoms with E-state index >= 15 is 0 Å². The van der Waals surface area contributed by atoms with Crippen molar-refractivity contribution in [2.45, 2.75) is 38.7 Å².